The van der Waals surface area contributed by atoms with E-state index in [0.29, 0.717) is 31.2 Å². The van der Waals surface area contributed by atoms with Gasteiger partial charge in [0.2, 0.25) is 0 Å². The molecule has 6 heteroatoms. The first-order valence-electron chi connectivity index (χ1n) is 12.4. The number of likely N-dealkylation sites (tertiary alicyclic amines) is 1. The highest BCUT2D eigenvalue weighted by Gasteiger charge is 2.41. The SMILES string of the molecule is Cc1ccc(CC2CCOC3(CCN(C(=O)c4ccc(Cc5c(C)noc5C)o4)CC3)C2)cc1. The summed E-state index contributed by atoms with van der Waals surface area (Å²) in [6.45, 7) is 8.17. The molecular formula is C28H34N2O4. The second-order valence-corrected chi connectivity index (χ2v) is 10.1. The average Bonchev–Trinajstić information content (AvgIpc) is 3.43. The molecule has 2 aliphatic heterocycles. The van der Waals surface area contributed by atoms with Crippen LogP contribution in [0.4, 0.5) is 0 Å². The Kier molecular flexibility index (Phi) is 6.34. The molecule has 0 aliphatic carbocycles. The number of carbonyl (C=O) groups is 1. The van der Waals surface area contributed by atoms with Gasteiger partial charge in [0, 0.05) is 31.7 Å². The molecule has 2 saturated heterocycles. The molecule has 6 nitrogen and oxygen atoms in total. The van der Waals surface area contributed by atoms with E-state index in [1.165, 1.54) is 11.1 Å². The number of nitrogens with zero attached hydrogens (tertiary/aromatic N) is 2. The van der Waals surface area contributed by atoms with Crippen LogP contribution < -0.4 is 0 Å². The monoisotopic (exact) mass is 462 g/mol. The zero-order chi connectivity index (χ0) is 23.7. The topological polar surface area (TPSA) is 68.7 Å². The maximum Gasteiger partial charge on any atom is 0.289 e. The number of aryl methyl sites for hydroxylation is 3. The third-order valence-electron chi connectivity index (χ3n) is 7.61. The second kappa shape index (κ2) is 9.41. The van der Waals surface area contributed by atoms with E-state index in [-0.39, 0.29) is 11.5 Å². The average molecular weight is 463 g/mol. The van der Waals surface area contributed by atoms with Crippen LogP contribution in [0.2, 0.25) is 0 Å². The van der Waals surface area contributed by atoms with Gasteiger partial charge >= 0.3 is 0 Å². The number of furan rings is 1. The summed E-state index contributed by atoms with van der Waals surface area (Å²) in [5.74, 6) is 2.54. The third-order valence-corrected chi connectivity index (χ3v) is 7.61. The lowest BCUT2D eigenvalue weighted by atomic mass is 9.77. The van der Waals surface area contributed by atoms with Crippen LogP contribution in [-0.2, 0) is 17.6 Å². The van der Waals surface area contributed by atoms with E-state index in [0.717, 1.165) is 61.5 Å². The summed E-state index contributed by atoms with van der Waals surface area (Å²) in [7, 11) is 0. The maximum absolute atomic E-state index is 13.1. The lowest BCUT2D eigenvalue weighted by Crippen LogP contribution is -2.51. The van der Waals surface area contributed by atoms with E-state index in [4.69, 9.17) is 13.7 Å². The van der Waals surface area contributed by atoms with Crippen LogP contribution in [0.5, 0.6) is 0 Å². The number of benzene rings is 1. The van der Waals surface area contributed by atoms with Crippen LogP contribution in [0.15, 0.2) is 45.3 Å². The maximum atomic E-state index is 13.1. The summed E-state index contributed by atoms with van der Waals surface area (Å²) in [6, 6.07) is 12.6. The van der Waals surface area contributed by atoms with Crippen molar-refractivity contribution >= 4 is 5.91 Å². The minimum atomic E-state index is -0.0952. The minimum Gasteiger partial charge on any atom is -0.456 e. The molecule has 4 heterocycles. The molecule has 1 aromatic carbocycles. The van der Waals surface area contributed by atoms with Crippen LogP contribution in [0.3, 0.4) is 0 Å². The van der Waals surface area contributed by atoms with Gasteiger partial charge in [0.25, 0.3) is 5.91 Å². The van der Waals surface area contributed by atoms with Crippen molar-refractivity contribution in [2.24, 2.45) is 5.92 Å². The Labute approximate surface area is 201 Å². The molecule has 1 amide bonds. The Balaban J connectivity index is 1.17. The lowest BCUT2D eigenvalue weighted by Gasteiger charge is -2.46. The van der Waals surface area contributed by atoms with Gasteiger partial charge < -0.3 is 18.6 Å². The van der Waals surface area contributed by atoms with Gasteiger partial charge in [-0.1, -0.05) is 35.0 Å². The van der Waals surface area contributed by atoms with Crippen LogP contribution in [-0.4, -0.2) is 41.3 Å². The van der Waals surface area contributed by atoms with Crippen molar-refractivity contribution in [1.82, 2.24) is 10.1 Å². The highest BCUT2D eigenvalue weighted by Crippen LogP contribution is 2.39. The van der Waals surface area contributed by atoms with E-state index < -0.39 is 0 Å². The number of piperidine rings is 1. The molecule has 0 N–H and O–H groups in total. The van der Waals surface area contributed by atoms with Crippen LogP contribution in [0.25, 0.3) is 0 Å². The summed E-state index contributed by atoms with van der Waals surface area (Å²) in [5, 5.41) is 4.00. The quantitative estimate of drug-likeness (QED) is 0.506. The van der Waals surface area contributed by atoms with Gasteiger partial charge in [-0.15, -0.1) is 0 Å². The highest BCUT2D eigenvalue weighted by atomic mass is 16.5. The minimum absolute atomic E-state index is 0.0353. The van der Waals surface area contributed by atoms with Crippen molar-refractivity contribution < 1.29 is 18.5 Å². The van der Waals surface area contributed by atoms with Crippen LogP contribution in [0, 0.1) is 26.7 Å². The van der Waals surface area contributed by atoms with Crippen molar-refractivity contribution in [1.29, 1.82) is 0 Å². The molecule has 34 heavy (non-hydrogen) atoms. The largest absolute Gasteiger partial charge is 0.456 e. The first-order chi connectivity index (χ1) is 16.4. The standard InChI is InChI=1S/C28H34N2O4/c1-19-4-6-22(7-5-19)16-23-10-15-32-28(18-23)11-13-30(14-12-28)27(31)26-9-8-24(33-26)17-25-20(2)29-34-21(25)3/h4-9,23H,10-18H2,1-3H3. The molecule has 0 saturated carbocycles. The Bertz CT molecular complexity index is 1120. The predicted octanol–water partition coefficient (Wildman–Crippen LogP) is 5.43. The van der Waals surface area contributed by atoms with Gasteiger partial charge in [-0.05, 0) is 76.5 Å². The number of aromatic nitrogens is 1. The van der Waals surface area contributed by atoms with E-state index in [1.807, 2.05) is 24.8 Å². The van der Waals surface area contributed by atoms with E-state index >= 15 is 0 Å². The fraction of sp³-hybridized carbons (Fsp3) is 0.500. The summed E-state index contributed by atoms with van der Waals surface area (Å²) in [6.07, 6.45) is 5.64. The summed E-state index contributed by atoms with van der Waals surface area (Å²) >= 11 is 0. The molecule has 180 valence electrons. The Hall–Kier alpha value is -2.86. The summed E-state index contributed by atoms with van der Waals surface area (Å²) in [5.41, 5.74) is 4.49. The molecule has 2 aromatic heterocycles. The third kappa shape index (κ3) is 4.83. The number of rotatable bonds is 5. The van der Waals surface area contributed by atoms with Gasteiger partial charge in [0.15, 0.2) is 5.76 Å². The first kappa shape index (κ1) is 22.9. The van der Waals surface area contributed by atoms with E-state index in [1.54, 1.807) is 6.07 Å². The van der Waals surface area contributed by atoms with Crippen molar-refractivity contribution in [2.75, 3.05) is 19.7 Å². The fourth-order valence-corrected chi connectivity index (χ4v) is 5.50. The first-order valence-corrected chi connectivity index (χ1v) is 12.4. The molecule has 0 bridgehead atoms. The van der Waals surface area contributed by atoms with Gasteiger partial charge in [0.05, 0.1) is 11.3 Å². The molecule has 2 fully saturated rings. The normalized spacial score (nSPS) is 20.1. The number of amides is 1. The molecule has 1 unspecified atom stereocenters. The van der Waals surface area contributed by atoms with Gasteiger partial charge in [-0.25, -0.2) is 0 Å². The Morgan fingerprint density at radius 1 is 1.09 bits per heavy atom. The Morgan fingerprint density at radius 2 is 1.85 bits per heavy atom. The smallest absolute Gasteiger partial charge is 0.289 e. The van der Waals surface area contributed by atoms with Crippen molar-refractivity contribution in [3.63, 3.8) is 0 Å². The second-order valence-electron chi connectivity index (χ2n) is 10.1. The zero-order valence-corrected chi connectivity index (χ0v) is 20.4. The molecule has 1 atom stereocenters. The molecule has 5 rings (SSSR count). The number of hydrogen-bond donors (Lipinski definition) is 0. The van der Waals surface area contributed by atoms with Crippen molar-refractivity contribution in [2.45, 2.75) is 64.9 Å². The van der Waals surface area contributed by atoms with Gasteiger partial charge in [0.1, 0.15) is 11.5 Å². The Morgan fingerprint density at radius 3 is 2.56 bits per heavy atom. The predicted molar refractivity (Wildman–Crippen MR) is 129 cm³/mol. The molecule has 3 aromatic rings. The van der Waals surface area contributed by atoms with Crippen molar-refractivity contribution in [3.8, 4) is 0 Å². The molecule has 2 aliphatic rings. The highest BCUT2D eigenvalue weighted by molar-refractivity contribution is 5.91. The van der Waals surface area contributed by atoms with Crippen LogP contribution >= 0.6 is 0 Å². The van der Waals surface area contributed by atoms with E-state index in [9.17, 15) is 4.79 Å². The molecule has 0 radical (unpaired) electrons. The number of ether oxygens (including phenoxy) is 1. The summed E-state index contributed by atoms with van der Waals surface area (Å²) < 4.78 is 17.5. The molecule has 1 spiro atoms. The summed E-state index contributed by atoms with van der Waals surface area (Å²) in [4.78, 5) is 15.0. The zero-order valence-electron chi connectivity index (χ0n) is 20.4. The number of hydrogen-bond acceptors (Lipinski definition) is 5. The van der Waals surface area contributed by atoms with Gasteiger partial charge in [-0.2, -0.15) is 0 Å². The van der Waals surface area contributed by atoms with E-state index in [2.05, 4.69) is 36.3 Å². The molecular weight excluding hydrogens is 428 g/mol. The van der Waals surface area contributed by atoms with Crippen molar-refractivity contribution in [3.05, 3.63) is 76.1 Å². The lowest BCUT2D eigenvalue weighted by molar-refractivity contribution is -0.123. The van der Waals surface area contributed by atoms with Gasteiger partial charge in [-0.3, -0.25) is 4.79 Å². The van der Waals surface area contributed by atoms with Crippen LogP contribution in [0.1, 0.15) is 70.1 Å². The fourth-order valence-electron chi connectivity index (χ4n) is 5.50. The number of carbonyl (C=O) groups excluding carboxylic acids is 1.